The molecule has 14 heavy (non-hydrogen) atoms. The number of aromatic nitrogens is 1. The smallest absolute Gasteiger partial charge is 0.239 e. The highest BCUT2D eigenvalue weighted by Gasteiger charge is 2.14. The molecule has 0 saturated carbocycles. The van der Waals surface area contributed by atoms with Crippen LogP contribution in [0.2, 0.25) is 0 Å². The summed E-state index contributed by atoms with van der Waals surface area (Å²) in [7, 11) is 0. The second kappa shape index (κ2) is 4.98. The third-order valence-corrected chi connectivity index (χ3v) is 4.02. The zero-order chi connectivity index (χ0) is 10.7. The fourth-order valence-electron chi connectivity index (χ4n) is 0.895. The quantitative estimate of drug-likeness (QED) is 0.589. The van der Waals surface area contributed by atoms with Crippen molar-refractivity contribution in [1.82, 2.24) is 4.98 Å². The maximum Gasteiger partial charge on any atom is 0.280 e. The molecule has 0 aliphatic rings. The van der Waals surface area contributed by atoms with Crippen molar-refractivity contribution in [3.05, 3.63) is 25.5 Å². The maximum atomic E-state index is 12.3. The highest BCUT2D eigenvalue weighted by atomic mass is 127. The van der Waals surface area contributed by atoms with Crippen LogP contribution in [-0.4, -0.2) is 4.98 Å². The van der Waals surface area contributed by atoms with Gasteiger partial charge in [0, 0.05) is 0 Å². The molecule has 1 aromatic heterocycles. The fraction of sp³-hybridized carbons (Fsp3) is 0.250. The Morgan fingerprint density at radius 2 is 2.29 bits per heavy atom. The van der Waals surface area contributed by atoms with Crippen molar-refractivity contribution in [1.29, 1.82) is 5.26 Å². The van der Waals surface area contributed by atoms with E-state index < -0.39 is 6.43 Å². The predicted octanol–water partition coefficient (Wildman–Crippen LogP) is 3.45. The molecule has 0 unspecified atom stereocenters. The van der Waals surface area contributed by atoms with Crippen LogP contribution in [0.1, 0.15) is 17.7 Å². The normalized spacial score (nSPS) is 10.3. The minimum atomic E-state index is -2.61. The Labute approximate surface area is 102 Å². The molecule has 0 N–H and O–H groups in total. The lowest BCUT2D eigenvalue weighted by atomic mass is 10.2. The number of hydrogen-bond donors (Lipinski definition) is 0. The summed E-state index contributed by atoms with van der Waals surface area (Å²) in [6.07, 6.45) is -2.50. The van der Waals surface area contributed by atoms with Crippen LogP contribution < -0.4 is 0 Å². The molecule has 2 nitrogen and oxygen atoms in total. The minimum absolute atomic E-state index is 0.110. The van der Waals surface area contributed by atoms with Crippen LogP contribution in [-0.2, 0) is 6.42 Å². The lowest BCUT2D eigenvalue weighted by molar-refractivity contribution is 0.145. The van der Waals surface area contributed by atoms with Gasteiger partial charge in [-0.2, -0.15) is 5.26 Å². The molecule has 0 amide bonds. The predicted molar refractivity (Wildman–Crippen MR) is 58.9 cm³/mol. The number of rotatable bonds is 2. The van der Waals surface area contributed by atoms with Gasteiger partial charge in [-0.25, -0.2) is 13.8 Å². The number of hydrogen-bond acceptors (Lipinski definition) is 2. The molecule has 0 aromatic carbocycles. The van der Waals surface area contributed by atoms with Crippen molar-refractivity contribution >= 4 is 38.5 Å². The van der Waals surface area contributed by atoms with Gasteiger partial charge in [0.25, 0.3) is 6.43 Å². The average molecular weight is 373 g/mol. The van der Waals surface area contributed by atoms with Gasteiger partial charge in [-0.3, -0.25) is 0 Å². The van der Waals surface area contributed by atoms with Crippen LogP contribution >= 0.6 is 38.5 Å². The Morgan fingerprint density at radius 3 is 2.79 bits per heavy atom. The molecular weight excluding hydrogens is 369 g/mol. The van der Waals surface area contributed by atoms with Gasteiger partial charge in [0.05, 0.1) is 16.1 Å². The van der Waals surface area contributed by atoms with Gasteiger partial charge in [0.2, 0.25) is 0 Å². The maximum absolute atomic E-state index is 12.3. The monoisotopic (exact) mass is 372 g/mol. The van der Waals surface area contributed by atoms with Crippen LogP contribution in [0.3, 0.4) is 0 Å². The molecule has 74 valence electrons. The van der Waals surface area contributed by atoms with Gasteiger partial charge in [0.15, 0.2) is 0 Å². The second-order valence-corrected chi connectivity index (χ2v) is 4.28. The van der Waals surface area contributed by atoms with Gasteiger partial charge in [-0.15, -0.1) is 0 Å². The third-order valence-electron chi connectivity index (χ3n) is 1.51. The lowest BCUT2D eigenvalue weighted by Crippen LogP contribution is -1.98. The molecule has 0 spiro atoms. The summed E-state index contributed by atoms with van der Waals surface area (Å²) < 4.78 is 25.7. The third kappa shape index (κ3) is 2.60. The van der Waals surface area contributed by atoms with E-state index in [-0.39, 0.29) is 12.1 Å². The average Bonchev–Trinajstić information content (AvgIpc) is 2.12. The molecule has 0 bridgehead atoms. The number of alkyl halides is 2. The van der Waals surface area contributed by atoms with E-state index in [2.05, 4.69) is 20.9 Å². The number of pyridine rings is 1. The van der Waals surface area contributed by atoms with Gasteiger partial charge in [-0.1, -0.05) is 0 Å². The summed E-state index contributed by atoms with van der Waals surface area (Å²) in [5, 5.41) is 8.49. The van der Waals surface area contributed by atoms with E-state index >= 15 is 0 Å². The molecule has 0 aliphatic carbocycles. The highest BCUT2D eigenvalue weighted by Crippen LogP contribution is 2.26. The van der Waals surface area contributed by atoms with Gasteiger partial charge in [0.1, 0.15) is 10.3 Å². The van der Waals surface area contributed by atoms with Gasteiger partial charge in [-0.05, 0) is 50.2 Å². The van der Waals surface area contributed by atoms with Crippen LogP contribution in [0.5, 0.6) is 0 Å². The van der Waals surface area contributed by atoms with E-state index in [4.69, 9.17) is 5.26 Å². The summed E-state index contributed by atoms with van der Waals surface area (Å²) in [5.41, 5.74) is 0.271. The molecule has 0 atom stereocenters. The van der Waals surface area contributed by atoms with Crippen molar-refractivity contribution < 1.29 is 8.78 Å². The first-order valence-electron chi connectivity index (χ1n) is 3.56. The zero-order valence-corrected chi connectivity index (χ0v) is 10.5. The van der Waals surface area contributed by atoms with Crippen molar-refractivity contribution in [3.63, 3.8) is 0 Å². The van der Waals surface area contributed by atoms with E-state index in [1.54, 1.807) is 0 Å². The Hall–Kier alpha value is -0.290. The van der Waals surface area contributed by atoms with E-state index in [1.807, 2.05) is 28.7 Å². The molecule has 0 aliphatic heterocycles. The van der Waals surface area contributed by atoms with Crippen molar-refractivity contribution in [2.45, 2.75) is 12.8 Å². The van der Waals surface area contributed by atoms with Gasteiger partial charge < -0.3 is 0 Å². The summed E-state index contributed by atoms with van der Waals surface area (Å²) in [5.74, 6) is 0. The van der Waals surface area contributed by atoms with Gasteiger partial charge >= 0.3 is 0 Å². The standard InChI is InChI=1S/C8H4BrF2IN2/c9-7-6(12)4(1-2-13)3-5(14-7)8(10)11/h3,8H,1H2. The van der Waals surface area contributed by atoms with E-state index in [9.17, 15) is 8.78 Å². The second-order valence-electron chi connectivity index (χ2n) is 2.45. The lowest BCUT2D eigenvalue weighted by Gasteiger charge is -2.05. The van der Waals surface area contributed by atoms with E-state index in [0.29, 0.717) is 13.7 Å². The molecule has 6 heteroatoms. The first-order valence-corrected chi connectivity index (χ1v) is 5.43. The zero-order valence-electron chi connectivity index (χ0n) is 6.77. The van der Waals surface area contributed by atoms with Crippen LogP contribution in [0.25, 0.3) is 0 Å². The molecule has 1 rings (SSSR count). The molecule has 0 saturated heterocycles. The summed E-state index contributed by atoms with van der Waals surface area (Å²) in [6.45, 7) is 0. The fourth-order valence-corrected chi connectivity index (χ4v) is 1.82. The molecule has 0 fully saturated rings. The van der Waals surface area contributed by atoms with E-state index in [0.717, 1.165) is 0 Å². The molecular formula is C8H4BrF2IN2. The first-order chi connectivity index (χ1) is 6.56. The van der Waals surface area contributed by atoms with Crippen molar-refractivity contribution in [2.75, 3.05) is 0 Å². The van der Waals surface area contributed by atoms with Crippen LogP contribution in [0, 0.1) is 14.9 Å². The number of nitriles is 1. The summed E-state index contributed by atoms with van der Waals surface area (Å²) >= 11 is 5.04. The van der Waals surface area contributed by atoms with Crippen molar-refractivity contribution in [2.24, 2.45) is 0 Å². The first kappa shape index (κ1) is 11.8. The molecule has 0 radical (unpaired) electrons. The molecule has 1 aromatic rings. The van der Waals surface area contributed by atoms with E-state index in [1.165, 1.54) is 6.07 Å². The Morgan fingerprint density at radius 1 is 1.64 bits per heavy atom. The van der Waals surface area contributed by atoms with Crippen LogP contribution in [0.4, 0.5) is 8.78 Å². The number of halogens is 4. The summed E-state index contributed by atoms with van der Waals surface area (Å²) in [6, 6.07) is 3.18. The van der Waals surface area contributed by atoms with Crippen LogP contribution in [0.15, 0.2) is 10.7 Å². The molecule has 1 heterocycles. The number of nitrogens with zero attached hydrogens (tertiary/aromatic N) is 2. The largest absolute Gasteiger partial charge is 0.280 e. The SMILES string of the molecule is N#CCc1cc(C(F)F)nc(Br)c1I. The Balaban J connectivity index is 3.22. The van der Waals surface area contributed by atoms with Crippen molar-refractivity contribution in [3.8, 4) is 6.07 Å². The minimum Gasteiger partial charge on any atom is -0.239 e. The summed E-state index contributed by atoms with van der Waals surface area (Å²) in [4.78, 5) is 3.66. The Bertz CT molecular complexity index is 390. The Kier molecular flexibility index (Phi) is 4.19. The topological polar surface area (TPSA) is 36.7 Å². The highest BCUT2D eigenvalue weighted by molar-refractivity contribution is 14.1.